The quantitative estimate of drug-likeness (QED) is 0.286. The highest BCUT2D eigenvalue weighted by molar-refractivity contribution is 6.06. The van der Waals surface area contributed by atoms with Crippen molar-refractivity contribution in [3.05, 3.63) is 108 Å². The van der Waals surface area contributed by atoms with Gasteiger partial charge in [-0.15, -0.1) is 10.2 Å². The Labute approximate surface area is 226 Å². The first-order valence-electron chi connectivity index (χ1n) is 11.7. The molecule has 0 radical (unpaired) electrons. The van der Waals surface area contributed by atoms with Gasteiger partial charge < -0.3 is 16.4 Å². The van der Waals surface area contributed by atoms with Crippen LogP contribution in [0.4, 0.5) is 24.8 Å². The topological polar surface area (TPSA) is 135 Å². The van der Waals surface area contributed by atoms with Crippen molar-refractivity contribution >= 4 is 34.9 Å². The molecule has 2 amide bonds. The van der Waals surface area contributed by atoms with Gasteiger partial charge >= 0.3 is 6.18 Å². The third-order valence-corrected chi connectivity index (χ3v) is 5.54. The van der Waals surface area contributed by atoms with Crippen molar-refractivity contribution in [1.29, 1.82) is 0 Å². The van der Waals surface area contributed by atoms with Crippen molar-refractivity contribution in [1.82, 2.24) is 20.5 Å². The zero-order valence-electron chi connectivity index (χ0n) is 21.0. The number of aromatic nitrogens is 3. The Bertz CT molecular complexity index is 1570. The molecular formula is C28H22F3N7O2. The first kappa shape index (κ1) is 27.6. The molecular weight excluding hydrogens is 523 g/mol. The molecule has 0 aliphatic carbocycles. The van der Waals surface area contributed by atoms with Crippen molar-refractivity contribution in [2.75, 3.05) is 12.4 Å². The number of carbonyl (C=O) groups excluding carboxylic acids is 2. The van der Waals surface area contributed by atoms with Crippen molar-refractivity contribution in [2.45, 2.75) is 6.18 Å². The van der Waals surface area contributed by atoms with E-state index < -0.39 is 17.8 Å². The molecule has 4 N–H and O–H groups in total. The van der Waals surface area contributed by atoms with Gasteiger partial charge in [0.2, 0.25) is 0 Å². The molecule has 202 valence electrons. The number of allylic oxidation sites excluding steroid dienone is 1. The number of aliphatic imine (C=N–C) groups is 1. The maximum atomic E-state index is 13.6. The highest BCUT2D eigenvalue weighted by Gasteiger charge is 2.34. The summed E-state index contributed by atoms with van der Waals surface area (Å²) in [6.45, 7) is 0. The van der Waals surface area contributed by atoms with Crippen LogP contribution in [-0.2, 0) is 0 Å². The SMILES string of the molecule is CNC(=O)c1ccc(-c2cccc(C(=O)Nc3ccc(N=C(C=C(N)c4cccnc4)C(F)(F)F)nn3)c2)cc1. The first-order valence-corrected chi connectivity index (χ1v) is 11.7. The van der Waals surface area contributed by atoms with Crippen LogP contribution in [0, 0.1) is 0 Å². The van der Waals surface area contributed by atoms with Gasteiger partial charge in [-0.3, -0.25) is 14.6 Å². The lowest BCUT2D eigenvalue weighted by Crippen LogP contribution is -2.22. The number of hydrogen-bond acceptors (Lipinski definition) is 7. The second-order valence-electron chi connectivity index (χ2n) is 8.30. The molecule has 0 spiro atoms. The third kappa shape index (κ3) is 6.92. The van der Waals surface area contributed by atoms with Crippen LogP contribution in [0.25, 0.3) is 16.8 Å². The van der Waals surface area contributed by atoms with E-state index in [1.807, 2.05) is 6.07 Å². The summed E-state index contributed by atoms with van der Waals surface area (Å²) in [6.07, 6.45) is -1.32. The summed E-state index contributed by atoms with van der Waals surface area (Å²) in [7, 11) is 1.54. The smallest absolute Gasteiger partial charge is 0.398 e. The van der Waals surface area contributed by atoms with Crippen molar-refractivity contribution in [3.8, 4) is 11.1 Å². The Morgan fingerprint density at radius 2 is 1.62 bits per heavy atom. The van der Waals surface area contributed by atoms with Crippen LogP contribution in [0.3, 0.4) is 0 Å². The maximum Gasteiger partial charge on any atom is 0.433 e. The number of rotatable bonds is 7. The van der Waals surface area contributed by atoms with Gasteiger partial charge in [-0.25, -0.2) is 4.99 Å². The average Bonchev–Trinajstić information content (AvgIpc) is 2.97. The number of anilines is 1. The number of nitrogens with two attached hydrogens (primary N) is 1. The predicted molar refractivity (Wildman–Crippen MR) is 145 cm³/mol. The second kappa shape index (κ2) is 12.0. The molecule has 2 aromatic carbocycles. The standard InChI is InChI=1S/C28H22F3N7O2/c1-33-26(39)18-9-7-17(8-10-18)19-4-2-5-20(14-19)27(40)36-25-12-11-24(37-38-25)35-23(28(29,30)31)15-22(32)21-6-3-13-34-16-21/h2-16H,32H2,1H3,(H,33,39)(H,36,38,40). The van der Waals surface area contributed by atoms with Gasteiger partial charge in [0.1, 0.15) is 5.71 Å². The first-order chi connectivity index (χ1) is 19.1. The summed E-state index contributed by atoms with van der Waals surface area (Å²) >= 11 is 0. The summed E-state index contributed by atoms with van der Waals surface area (Å²) < 4.78 is 40.7. The number of carbonyl (C=O) groups is 2. The lowest BCUT2D eigenvalue weighted by atomic mass is 10.0. The van der Waals surface area contributed by atoms with Gasteiger partial charge in [0, 0.05) is 41.8 Å². The number of amides is 2. The molecule has 2 heterocycles. The molecule has 0 fully saturated rings. The van der Waals surface area contributed by atoms with E-state index in [0.29, 0.717) is 22.8 Å². The van der Waals surface area contributed by atoms with Gasteiger partial charge in [-0.05, 0) is 65.7 Å². The van der Waals surface area contributed by atoms with Crippen LogP contribution in [0.15, 0.2) is 96.3 Å². The Balaban J connectivity index is 1.49. The molecule has 0 aliphatic heterocycles. The van der Waals surface area contributed by atoms with Gasteiger partial charge in [0.15, 0.2) is 11.6 Å². The molecule has 4 aromatic rings. The van der Waals surface area contributed by atoms with Crippen molar-refractivity contribution in [3.63, 3.8) is 0 Å². The predicted octanol–water partition coefficient (Wildman–Crippen LogP) is 4.79. The van der Waals surface area contributed by atoms with Crippen LogP contribution in [0.2, 0.25) is 0 Å². The van der Waals surface area contributed by atoms with Gasteiger partial charge in [-0.2, -0.15) is 13.2 Å². The molecule has 0 saturated carbocycles. The minimum absolute atomic E-state index is 0.0169. The van der Waals surface area contributed by atoms with Crippen LogP contribution >= 0.6 is 0 Å². The molecule has 0 bridgehead atoms. The van der Waals surface area contributed by atoms with Crippen LogP contribution in [0.5, 0.6) is 0 Å². The summed E-state index contributed by atoms with van der Waals surface area (Å²) in [5.74, 6) is -1.03. The third-order valence-electron chi connectivity index (χ3n) is 5.54. The number of pyridine rings is 1. The van der Waals surface area contributed by atoms with E-state index >= 15 is 0 Å². The number of nitrogens with one attached hydrogen (secondary N) is 2. The van der Waals surface area contributed by atoms with Crippen LogP contribution in [0.1, 0.15) is 26.3 Å². The Kier molecular flexibility index (Phi) is 8.28. The summed E-state index contributed by atoms with van der Waals surface area (Å²) in [6, 6.07) is 19.2. The average molecular weight is 546 g/mol. The number of hydrogen-bond donors (Lipinski definition) is 3. The van der Waals surface area contributed by atoms with Crippen molar-refractivity contribution in [2.24, 2.45) is 10.7 Å². The Hall–Kier alpha value is -5.39. The van der Waals surface area contributed by atoms with Gasteiger partial charge in [0.25, 0.3) is 11.8 Å². The van der Waals surface area contributed by atoms with E-state index in [9.17, 15) is 22.8 Å². The molecule has 2 aromatic heterocycles. The summed E-state index contributed by atoms with van der Waals surface area (Å²) in [4.78, 5) is 31.9. The minimum Gasteiger partial charge on any atom is -0.398 e. The number of halogens is 3. The maximum absolute atomic E-state index is 13.6. The van der Waals surface area contributed by atoms with Gasteiger partial charge in [-0.1, -0.05) is 24.3 Å². The fourth-order valence-corrected chi connectivity index (χ4v) is 3.50. The van der Waals surface area contributed by atoms with E-state index in [1.54, 1.807) is 55.6 Å². The largest absolute Gasteiger partial charge is 0.433 e. The molecule has 9 nitrogen and oxygen atoms in total. The van der Waals surface area contributed by atoms with Crippen LogP contribution < -0.4 is 16.4 Å². The van der Waals surface area contributed by atoms with Crippen LogP contribution in [-0.4, -0.2) is 45.9 Å². The van der Waals surface area contributed by atoms with E-state index in [1.165, 1.54) is 30.6 Å². The number of nitrogens with zero attached hydrogens (tertiary/aromatic N) is 4. The molecule has 0 saturated heterocycles. The van der Waals surface area contributed by atoms with Gasteiger partial charge in [0.05, 0.1) is 0 Å². The summed E-state index contributed by atoms with van der Waals surface area (Å²) in [5.41, 5.74) is 6.99. The molecule has 0 unspecified atom stereocenters. The Morgan fingerprint density at radius 1 is 0.875 bits per heavy atom. The highest BCUT2D eigenvalue weighted by atomic mass is 19.4. The fraction of sp³-hybridized carbons (Fsp3) is 0.0714. The second-order valence-corrected chi connectivity index (χ2v) is 8.30. The molecule has 0 aliphatic rings. The Morgan fingerprint density at radius 3 is 2.25 bits per heavy atom. The molecule has 40 heavy (non-hydrogen) atoms. The summed E-state index contributed by atoms with van der Waals surface area (Å²) in [5, 5.41) is 12.6. The van der Waals surface area contributed by atoms with E-state index in [-0.39, 0.29) is 23.2 Å². The highest BCUT2D eigenvalue weighted by Crippen LogP contribution is 2.24. The van der Waals surface area contributed by atoms with E-state index in [0.717, 1.165) is 11.1 Å². The molecule has 0 atom stereocenters. The number of benzene rings is 2. The zero-order valence-corrected chi connectivity index (χ0v) is 21.0. The lowest BCUT2D eigenvalue weighted by Gasteiger charge is -2.09. The monoisotopic (exact) mass is 545 g/mol. The normalized spacial score (nSPS) is 12.1. The zero-order chi connectivity index (χ0) is 28.7. The van der Waals surface area contributed by atoms with E-state index in [4.69, 9.17) is 5.73 Å². The minimum atomic E-state index is -4.81. The molecule has 12 heteroatoms. The number of alkyl halides is 3. The molecule has 4 rings (SSSR count). The van der Waals surface area contributed by atoms with E-state index in [2.05, 4.69) is 30.8 Å². The fourth-order valence-electron chi connectivity index (χ4n) is 3.50. The lowest BCUT2D eigenvalue weighted by molar-refractivity contribution is -0.0576. The van der Waals surface area contributed by atoms with Crippen molar-refractivity contribution < 1.29 is 22.8 Å².